The Labute approximate surface area is 104 Å². The van der Waals surface area contributed by atoms with Gasteiger partial charge in [-0.15, -0.1) is 0 Å². The predicted octanol–water partition coefficient (Wildman–Crippen LogP) is 1.16. The highest BCUT2D eigenvalue weighted by molar-refractivity contribution is 8.00. The van der Waals surface area contributed by atoms with Crippen molar-refractivity contribution in [3.8, 4) is 5.88 Å². The second-order valence-corrected chi connectivity index (χ2v) is 5.25. The van der Waals surface area contributed by atoms with E-state index < -0.39 is 11.2 Å². The van der Waals surface area contributed by atoms with E-state index in [0.29, 0.717) is 6.54 Å². The maximum Gasteiger partial charge on any atom is 0.331 e. The number of hydrogen-bond acceptors (Lipinski definition) is 4. The summed E-state index contributed by atoms with van der Waals surface area (Å²) in [6.45, 7) is 4.49. The smallest absolute Gasteiger partial charge is 0.331 e. The van der Waals surface area contributed by atoms with Crippen LogP contribution in [-0.4, -0.2) is 25.7 Å². The van der Waals surface area contributed by atoms with Crippen molar-refractivity contribution >= 4 is 11.8 Å². The quantitative estimate of drug-likeness (QED) is 0.831. The Balaban J connectivity index is 3.19. The molecule has 5 nitrogen and oxygen atoms in total. The minimum absolute atomic E-state index is 0.0977. The van der Waals surface area contributed by atoms with Crippen LogP contribution in [-0.2, 0) is 6.54 Å². The van der Waals surface area contributed by atoms with E-state index in [0.717, 1.165) is 18.9 Å². The number of aromatic nitrogens is 2. The normalized spacial score (nSPS) is 11.7. The van der Waals surface area contributed by atoms with Gasteiger partial charge >= 0.3 is 5.69 Å². The van der Waals surface area contributed by atoms with Crippen molar-refractivity contribution in [2.24, 2.45) is 0 Å². The zero-order valence-electron chi connectivity index (χ0n) is 10.3. The number of nitrogens with zero attached hydrogens (tertiary/aromatic N) is 1. The zero-order chi connectivity index (χ0) is 13.1. The maximum atomic E-state index is 11.6. The van der Waals surface area contributed by atoms with Gasteiger partial charge < -0.3 is 5.11 Å². The third-order valence-corrected chi connectivity index (χ3v) is 4.75. The number of H-pyrrole nitrogens is 1. The van der Waals surface area contributed by atoms with Crippen molar-refractivity contribution in [2.45, 2.75) is 38.0 Å². The van der Waals surface area contributed by atoms with Gasteiger partial charge in [0.25, 0.3) is 5.56 Å². The highest BCUT2D eigenvalue weighted by Gasteiger charge is 2.27. The molecule has 1 aromatic heterocycles. The Morgan fingerprint density at radius 2 is 2.00 bits per heavy atom. The lowest BCUT2D eigenvalue weighted by Gasteiger charge is -2.30. The van der Waals surface area contributed by atoms with Gasteiger partial charge in [0.2, 0.25) is 5.88 Å². The number of thioether (sulfide) groups is 1. The van der Waals surface area contributed by atoms with Crippen LogP contribution >= 0.6 is 11.8 Å². The molecule has 96 valence electrons. The van der Waals surface area contributed by atoms with Crippen molar-refractivity contribution in [2.75, 3.05) is 6.26 Å². The summed E-state index contributed by atoms with van der Waals surface area (Å²) in [5.41, 5.74) is -1.14. The van der Waals surface area contributed by atoms with E-state index in [4.69, 9.17) is 0 Å². The van der Waals surface area contributed by atoms with Crippen molar-refractivity contribution in [1.82, 2.24) is 9.55 Å². The van der Waals surface area contributed by atoms with Gasteiger partial charge in [-0.2, -0.15) is 11.8 Å². The van der Waals surface area contributed by atoms with Crippen LogP contribution in [0, 0.1) is 0 Å². The summed E-state index contributed by atoms with van der Waals surface area (Å²) < 4.78 is 1.12. The molecule has 0 aliphatic heterocycles. The molecule has 0 unspecified atom stereocenters. The van der Waals surface area contributed by atoms with Crippen molar-refractivity contribution in [1.29, 1.82) is 0 Å². The van der Waals surface area contributed by atoms with Gasteiger partial charge in [-0.1, -0.05) is 13.8 Å². The third-order valence-electron chi connectivity index (χ3n) is 3.18. The van der Waals surface area contributed by atoms with E-state index in [9.17, 15) is 14.7 Å². The second-order valence-electron chi connectivity index (χ2n) is 3.98. The average molecular weight is 258 g/mol. The Bertz CT molecular complexity index is 480. The highest BCUT2D eigenvalue weighted by atomic mass is 32.2. The summed E-state index contributed by atoms with van der Waals surface area (Å²) in [5, 5.41) is 9.66. The summed E-state index contributed by atoms with van der Waals surface area (Å²) in [6.07, 6.45) is 3.76. The molecule has 0 atom stereocenters. The summed E-state index contributed by atoms with van der Waals surface area (Å²) in [6, 6.07) is 1.03. The highest BCUT2D eigenvalue weighted by Crippen LogP contribution is 2.32. The molecule has 2 N–H and O–H groups in total. The molecule has 17 heavy (non-hydrogen) atoms. The first-order valence-corrected chi connectivity index (χ1v) is 6.78. The fraction of sp³-hybridized carbons (Fsp3) is 0.636. The molecule has 0 saturated carbocycles. The third kappa shape index (κ3) is 2.94. The summed E-state index contributed by atoms with van der Waals surface area (Å²) in [7, 11) is 0. The number of aromatic hydroxyl groups is 1. The first-order chi connectivity index (χ1) is 7.98. The number of aromatic amines is 1. The van der Waals surface area contributed by atoms with Crippen LogP contribution in [0.2, 0.25) is 0 Å². The topological polar surface area (TPSA) is 75.1 Å². The van der Waals surface area contributed by atoms with E-state index in [2.05, 4.69) is 4.98 Å². The molecule has 1 aromatic rings. The van der Waals surface area contributed by atoms with E-state index in [1.165, 1.54) is 4.57 Å². The van der Waals surface area contributed by atoms with Gasteiger partial charge in [-0.3, -0.25) is 14.3 Å². The van der Waals surface area contributed by atoms with Crippen LogP contribution in [0.3, 0.4) is 0 Å². The fourth-order valence-corrected chi connectivity index (χ4v) is 2.61. The Morgan fingerprint density at radius 3 is 2.41 bits per heavy atom. The molecule has 0 aliphatic carbocycles. The van der Waals surface area contributed by atoms with Crippen LogP contribution < -0.4 is 11.2 Å². The molecule has 0 radical (unpaired) electrons. The van der Waals surface area contributed by atoms with Crippen molar-refractivity contribution in [3.05, 3.63) is 26.9 Å². The molecule has 1 heterocycles. The lowest BCUT2D eigenvalue weighted by atomic mass is 10.0. The largest absolute Gasteiger partial charge is 0.494 e. The van der Waals surface area contributed by atoms with Crippen LogP contribution in [0.4, 0.5) is 0 Å². The van der Waals surface area contributed by atoms with E-state index in [-0.39, 0.29) is 10.6 Å². The minimum atomic E-state index is -0.577. The monoisotopic (exact) mass is 258 g/mol. The molecule has 6 heteroatoms. The molecule has 0 spiro atoms. The summed E-state index contributed by atoms with van der Waals surface area (Å²) in [5.74, 6) is -0.279. The van der Waals surface area contributed by atoms with E-state index >= 15 is 0 Å². The number of nitrogens with one attached hydrogen (secondary N) is 1. The van der Waals surface area contributed by atoms with Crippen LogP contribution in [0.25, 0.3) is 0 Å². The van der Waals surface area contributed by atoms with Gasteiger partial charge in [0, 0.05) is 11.3 Å². The Hall–Kier alpha value is -1.17. The van der Waals surface area contributed by atoms with Crippen molar-refractivity contribution < 1.29 is 5.11 Å². The molecule has 0 fully saturated rings. The lowest BCUT2D eigenvalue weighted by molar-refractivity contribution is 0.366. The zero-order valence-corrected chi connectivity index (χ0v) is 11.1. The first kappa shape index (κ1) is 13.9. The second kappa shape index (κ2) is 5.44. The van der Waals surface area contributed by atoms with Gasteiger partial charge in [0.1, 0.15) is 0 Å². The SMILES string of the molecule is CCC(CC)(Cn1c(O)cc(=O)[nH]c1=O)SC. The predicted molar refractivity (Wildman–Crippen MR) is 69.8 cm³/mol. The van der Waals surface area contributed by atoms with Gasteiger partial charge in [-0.05, 0) is 19.1 Å². The van der Waals surface area contributed by atoms with E-state index in [1.807, 2.05) is 20.1 Å². The van der Waals surface area contributed by atoms with Gasteiger partial charge in [0.05, 0.1) is 6.07 Å². The Morgan fingerprint density at radius 1 is 1.41 bits per heavy atom. The Kier molecular flexibility index (Phi) is 4.45. The minimum Gasteiger partial charge on any atom is -0.494 e. The number of hydrogen-bond donors (Lipinski definition) is 2. The van der Waals surface area contributed by atoms with E-state index in [1.54, 1.807) is 11.8 Å². The molecular weight excluding hydrogens is 240 g/mol. The molecule has 0 saturated heterocycles. The fourth-order valence-electron chi connectivity index (χ4n) is 1.78. The molecule has 0 amide bonds. The van der Waals surface area contributed by atoms with Gasteiger partial charge in [-0.25, -0.2) is 4.79 Å². The average Bonchev–Trinajstić information content (AvgIpc) is 2.29. The van der Waals surface area contributed by atoms with Crippen LogP contribution in [0.5, 0.6) is 5.88 Å². The molecule has 1 rings (SSSR count). The number of rotatable bonds is 5. The summed E-state index contributed by atoms with van der Waals surface area (Å²) in [4.78, 5) is 24.8. The molecular formula is C11H18N2O3S. The molecule has 0 bridgehead atoms. The van der Waals surface area contributed by atoms with Crippen LogP contribution in [0.1, 0.15) is 26.7 Å². The summed E-state index contributed by atoms with van der Waals surface area (Å²) >= 11 is 1.67. The lowest BCUT2D eigenvalue weighted by Crippen LogP contribution is -2.37. The van der Waals surface area contributed by atoms with Crippen LogP contribution in [0.15, 0.2) is 15.7 Å². The first-order valence-electron chi connectivity index (χ1n) is 5.56. The van der Waals surface area contributed by atoms with Gasteiger partial charge in [0.15, 0.2) is 0 Å². The molecule has 0 aliphatic rings. The standard InChI is InChI=1S/C11H18N2O3S/c1-4-11(5-2,17-3)7-13-9(15)6-8(14)12-10(13)16/h6,15H,4-5,7H2,1-3H3,(H,12,14,16). The maximum absolute atomic E-state index is 11.6. The molecule has 0 aromatic carbocycles. The van der Waals surface area contributed by atoms with Crippen molar-refractivity contribution in [3.63, 3.8) is 0 Å².